The van der Waals surface area contributed by atoms with Gasteiger partial charge in [-0.1, -0.05) is 25.5 Å². The van der Waals surface area contributed by atoms with Crippen LogP contribution in [0.25, 0.3) is 0 Å². The van der Waals surface area contributed by atoms with E-state index in [1.54, 1.807) is 7.11 Å². The normalized spacial score (nSPS) is 17.5. The van der Waals surface area contributed by atoms with Gasteiger partial charge in [0.05, 0.1) is 20.0 Å². The van der Waals surface area contributed by atoms with Gasteiger partial charge in [-0.05, 0) is 26.8 Å². The molecule has 2 atom stereocenters. The van der Waals surface area contributed by atoms with E-state index in [-0.39, 0.29) is 12.8 Å². The molecule has 0 saturated carbocycles. The van der Waals surface area contributed by atoms with Crippen molar-refractivity contribution in [1.29, 1.82) is 5.26 Å². The lowest BCUT2D eigenvalue weighted by molar-refractivity contribution is 0.0997. The van der Waals surface area contributed by atoms with Gasteiger partial charge in [0.25, 0.3) is 0 Å². The zero-order valence-corrected chi connectivity index (χ0v) is 21.8. The van der Waals surface area contributed by atoms with Crippen LogP contribution in [0, 0.1) is 11.3 Å². The summed E-state index contributed by atoms with van der Waals surface area (Å²) in [5, 5.41) is 27.9. The van der Waals surface area contributed by atoms with Gasteiger partial charge in [-0.2, -0.15) is 10.2 Å². The van der Waals surface area contributed by atoms with Crippen LogP contribution in [0.4, 0.5) is 11.8 Å². The number of ether oxygens (including phenoxy) is 1. The van der Waals surface area contributed by atoms with Crippen molar-refractivity contribution >= 4 is 11.8 Å². The number of rotatable bonds is 14. The van der Waals surface area contributed by atoms with Crippen LogP contribution in [-0.4, -0.2) is 90.6 Å². The first-order valence-electron chi connectivity index (χ1n) is 12.4. The van der Waals surface area contributed by atoms with Crippen molar-refractivity contribution in [3.63, 3.8) is 0 Å². The highest BCUT2D eigenvalue weighted by molar-refractivity contribution is 5.54. The second-order valence-electron chi connectivity index (χ2n) is 8.82. The van der Waals surface area contributed by atoms with Crippen molar-refractivity contribution in [3.8, 4) is 6.07 Å². The van der Waals surface area contributed by atoms with Crippen molar-refractivity contribution in [2.45, 2.75) is 52.1 Å². The molecule has 0 bridgehead atoms. The molecule has 1 aliphatic rings. The summed E-state index contributed by atoms with van der Waals surface area (Å²) in [5.41, 5.74) is 1.52. The van der Waals surface area contributed by atoms with Gasteiger partial charge in [-0.15, -0.1) is 0 Å². The predicted octanol–water partition coefficient (Wildman–Crippen LogP) is 2.34. The molecule has 194 valence electrons. The molecule has 0 radical (unpaired) electrons. The molecule has 1 saturated heterocycles. The Bertz CT molecular complexity index is 875. The van der Waals surface area contributed by atoms with Gasteiger partial charge in [-0.25, -0.2) is 4.98 Å². The molecule has 4 N–H and O–H groups in total. The molecule has 0 aliphatic carbocycles. The van der Waals surface area contributed by atoms with Gasteiger partial charge in [0, 0.05) is 57.4 Å². The number of piperazine rings is 1. The smallest absolute Gasteiger partial charge is 0.228 e. The first-order chi connectivity index (χ1) is 16.9. The van der Waals surface area contributed by atoms with Crippen LogP contribution < -0.4 is 16.0 Å². The molecule has 1 aromatic heterocycles. The SMILES string of the molecule is CC/C(=C\C(C)NCO)CNc1nc(N/C=C(/CC(CC)N2CCN(C)CC2)OC)ncc1C#N. The zero-order valence-electron chi connectivity index (χ0n) is 21.8. The number of likely N-dealkylation sites (N-methyl/N-ethyl adjacent to an activating group) is 1. The largest absolute Gasteiger partial charge is 0.500 e. The van der Waals surface area contributed by atoms with Crippen molar-refractivity contribution in [2.75, 3.05) is 64.2 Å². The van der Waals surface area contributed by atoms with Crippen LogP contribution in [0.15, 0.2) is 29.8 Å². The molecule has 10 heteroatoms. The Labute approximate surface area is 210 Å². The minimum atomic E-state index is -0.0764. The average Bonchev–Trinajstić information content (AvgIpc) is 2.87. The van der Waals surface area contributed by atoms with Gasteiger partial charge >= 0.3 is 0 Å². The second-order valence-corrected chi connectivity index (χ2v) is 8.82. The van der Waals surface area contributed by atoms with E-state index in [9.17, 15) is 5.26 Å². The highest BCUT2D eigenvalue weighted by Crippen LogP contribution is 2.19. The van der Waals surface area contributed by atoms with Crippen LogP contribution in [0.1, 0.15) is 45.6 Å². The van der Waals surface area contributed by atoms with E-state index in [0.717, 1.165) is 56.8 Å². The first kappa shape index (κ1) is 28.5. The van der Waals surface area contributed by atoms with Crippen molar-refractivity contribution < 1.29 is 9.84 Å². The first-order valence-corrected chi connectivity index (χ1v) is 12.4. The maximum absolute atomic E-state index is 9.49. The van der Waals surface area contributed by atoms with Crippen molar-refractivity contribution in [1.82, 2.24) is 25.1 Å². The average molecular weight is 487 g/mol. The van der Waals surface area contributed by atoms with Gasteiger partial charge in [0.1, 0.15) is 23.2 Å². The molecular weight excluding hydrogens is 444 g/mol. The van der Waals surface area contributed by atoms with E-state index in [4.69, 9.17) is 9.84 Å². The lowest BCUT2D eigenvalue weighted by Gasteiger charge is -2.37. The number of aromatic nitrogens is 2. The Morgan fingerprint density at radius 2 is 2.06 bits per heavy atom. The summed E-state index contributed by atoms with van der Waals surface area (Å²) in [6.45, 7) is 11.0. The maximum atomic E-state index is 9.49. The van der Waals surface area contributed by atoms with E-state index in [1.807, 2.05) is 13.1 Å². The molecule has 2 rings (SSSR count). The number of nitrogens with one attached hydrogen (secondary N) is 3. The van der Waals surface area contributed by atoms with Gasteiger partial charge in [0.2, 0.25) is 5.95 Å². The van der Waals surface area contributed by atoms with E-state index in [2.05, 4.69) is 68.8 Å². The number of anilines is 2. The lowest BCUT2D eigenvalue weighted by atomic mass is 10.1. The number of nitriles is 1. The summed E-state index contributed by atoms with van der Waals surface area (Å²) in [6.07, 6.45) is 8.08. The summed E-state index contributed by atoms with van der Waals surface area (Å²) >= 11 is 0. The summed E-state index contributed by atoms with van der Waals surface area (Å²) in [5.74, 6) is 1.70. The Morgan fingerprint density at radius 3 is 2.66 bits per heavy atom. The lowest BCUT2D eigenvalue weighted by Crippen LogP contribution is -2.49. The third-order valence-electron chi connectivity index (χ3n) is 6.33. The molecule has 0 spiro atoms. The maximum Gasteiger partial charge on any atom is 0.228 e. The van der Waals surface area contributed by atoms with Crippen molar-refractivity contribution in [2.24, 2.45) is 0 Å². The number of hydrogen-bond donors (Lipinski definition) is 4. The number of aliphatic hydroxyl groups excluding tert-OH is 1. The number of hydrogen-bond acceptors (Lipinski definition) is 10. The summed E-state index contributed by atoms with van der Waals surface area (Å²) in [4.78, 5) is 13.7. The Hall–Kier alpha value is -2.71. The molecule has 1 aromatic rings. The Balaban J connectivity index is 2.06. The molecule has 35 heavy (non-hydrogen) atoms. The van der Waals surface area contributed by atoms with Gasteiger partial charge < -0.3 is 25.4 Å². The summed E-state index contributed by atoms with van der Waals surface area (Å²) < 4.78 is 5.65. The van der Waals surface area contributed by atoms with Crippen LogP contribution in [-0.2, 0) is 4.74 Å². The second kappa shape index (κ2) is 15.3. The molecule has 10 nitrogen and oxygen atoms in total. The van der Waals surface area contributed by atoms with E-state index in [0.29, 0.717) is 29.9 Å². The minimum Gasteiger partial charge on any atom is -0.500 e. The topological polar surface area (TPSA) is 122 Å². The fourth-order valence-electron chi connectivity index (χ4n) is 4.02. The van der Waals surface area contributed by atoms with Gasteiger partial charge in [0.15, 0.2) is 0 Å². The van der Waals surface area contributed by atoms with E-state index in [1.165, 1.54) is 6.20 Å². The number of aliphatic hydroxyl groups is 1. The molecule has 0 aromatic carbocycles. The molecular formula is C25H42N8O2. The standard InChI is InChI=1S/C25H42N8O2/c1-6-20(12-19(3)30-18-34)15-27-24-21(14-26)16-28-25(31-24)29-17-23(35-5)13-22(7-2)33-10-8-32(4)9-11-33/h12,16-17,19,22,30,34H,6-11,13,15,18H2,1-5H3,(H2,27,28,29,31)/b20-12+,23-17-. The highest BCUT2D eigenvalue weighted by Gasteiger charge is 2.22. The predicted molar refractivity (Wildman–Crippen MR) is 140 cm³/mol. The number of methoxy groups -OCH3 is 1. The summed E-state index contributed by atoms with van der Waals surface area (Å²) in [6, 6.07) is 2.61. The molecule has 0 amide bonds. The molecule has 2 unspecified atom stereocenters. The Morgan fingerprint density at radius 1 is 1.31 bits per heavy atom. The molecule has 1 fully saturated rings. The molecule has 2 heterocycles. The fourth-order valence-corrected chi connectivity index (χ4v) is 4.02. The van der Waals surface area contributed by atoms with E-state index < -0.39 is 0 Å². The van der Waals surface area contributed by atoms with E-state index >= 15 is 0 Å². The third kappa shape index (κ3) is 9.45. The monoisotopic (exact) mass is 486 g/mol. The van der Waals surface area contributed by atoms with Crippen LogP contribution in [0.2, 0.25) is 0 Å². The number of nitrogens with zero attached hydrogens (tertiary/aromatic N) is 5. The highest BCUT2D eigenvalue weighted by atomic mass is 16.5. The van der Waals surface area contributed by atoms with Crippen LogP contribution in [0.3, 0.4) is 0 Å². The quantitative estimate of drug-likeness (QED) is 0.177. The fraction of sp³-hybridized carbons (Fsp3) is 0.640. The van der Waals surface area contributed by atoms with Crippen LogP contribution >= 0.6 is 0 Å². The van der Waals surface area contributed by atoms with Gasteiger partial charge in [-0.3, -0.25) is 10.2 Å². The zero-order chi connectivity index (χ0) is 25.6. The Kier molecular flexibility index (Phi) is 12.5. The minimum absolute atomic E-state index is 0.0465. The molecule has 1 aliphatic heterocycles. The van der Waals surface area contributed by atoms with Crippen LogP contribution in [0.5, 0.6) is 0 Å². The van der Waals surface area contributed by atoms with Crippen molar-refractivity contribution in [3.05, 3.63) is 35.4 Å². The summed E-state index contributed by atoms with van der Waals surface area (Å²) in [7, 11) is 3.85. The third-order valence-corrected chi connectivity index (χ3v) is 6.33.